The molecule has 2 heterocycles. The molecule has 0 aliphatic carbocycles. The molecule has 1 aliphatic heterocycles. The summed E-state index contributed by atoms with van der Waals surface area (Å²) in [5.41, 5.74) is -1.13. The molecule has 1 unspecified atom stereocenters. The van der Waals surface area contributed by atoms with Gasteiger partial charge in [0.05, 0.1) is 13.7 Å². The lowest BCUT2D eigenvalue weighted by Crippen LogP contribution is -2.44. The van der Waals surface area contributed by atoms with Crippen LogP contribution in [-0.4, -0.2) is 49.0 Å². The van der Waals surface area contributed by atoms with Crippen molar-refractivity contribution < 1.29 is 31.1 Å². The van der Waals surface area contributed by atoms with Crippen LogP contribution in [0.15, 0.2) is 35.4 Å². The van der Waals surface area contributed by atoms with Crippen LogP contribution in [0.2, 0.25) is 5.02 Å². The highest BCUT2D eigenvalue weighted by molar-refractivity contribution is 7.89. The van der Waals surface area contributed by atoms with Crippen LogP contribution >= 0.6 is 11.6 Å². The molecule has 2 aromatic rings. The zero-order valence-corrected chi connectivity index (χ0v) is 16.8. The first kappa shape index (κ1) is 21.6. The van der Waals surface area contributed by atoms with Gasteiger partial charge in [-0.15, -0.1) is 0 Å². The van der Waals surface area contributed by atoms with Crippen molar-refractivity contribution in [2.75, 3.05) is 20.2 Å². The molecule has 0 spiro atoms. The molecule has 1 aromatic heterocycles. The van der Waals surface area contributed by atoms with Crippen LogP contribution in [0.1, 0.15) is 18.5 Å². The Balaban J connectivity index is 1.80. The van der Waals surface area contributed by atoms with Crippen molar-refractivity contribution in [3.63, 3.8) is 0 Å². The minimum Gasteiger partial charge on any atom is -0.495 e. The van der Waals surface area contributed by atoms with Gasteiger partial charge in [-0.05, 0) is 37.1 Å². The summed E-state index contributed by atoms with van der Waals surface area (Å²) >= 11 is 5.93. The summed E-state index contributed by atoms with van der Waals surface area (Å²) in [5.74, 6) is 0.138. The summed E-state index contributed by atoms with van der Waals surface area (Å²) < 4.78 is 76.3. The van der Waals surface area contributed by atoms with Gasteiger partial charge in [-0.3, -0.25) is 0 Å². The molecule has 1 atom stereocenters. The predicted octanol–water partition coefficient (Wildman–Crippen LogP) is 3.39. The van der Waals surface area contributed by atoms with E-state index in [9.17, 15) is 21.6 Å². The van der Waals surface area contributed by atoms with Gasteiger partial charge in [0.15, 0.2) is 5.69 Å². The summed E-state index contributed by atoms with van der Waals surface area (Å²) in [6, 6.07) is 4.52. The van der Waals surface area contributed by atoms with Gasteiger partial charge in [-0.2, -0.15) is 22.5 Å². The first-order chi connectivity index (χ1) is 13.6. The Morgan fingerprint density at radius 3 is 2.72 bits per heavy atom. The largest absolute Gasteiger partial charge is 0.495 e. The third-order valence-electron chi connectivity index (χ3n) is 4.28. The van der Waals surface area contributed by atoms with E-state index in [4.69, 9.17) is 21.1 Å². The summed E-state index contributed by atoms with van der Waals surface area (Å²) in [5, 5.41) is 0.228. The first-order valence-corrected chi connectivity index (χ1v) is 10.3. The molecule has 1 aliphatic rings. The number of nitrogens with zero attached hydrogens (tertiary/aromatic N) is 3. The van der Waals surface area contributed by atoms with Crippen molar-refractivity contribution in [3.8, 4) is 11.8 Å². The fraction of sp³-hybridized carbons (Fsp3) is 0.412. The maximum Gasteiger partial charge on any atom is 0.433 e. The van der Waals surface area contributed by atoms with Crippen molar-refractivity contribution in [1.82, 2.24) is 14.3 Å². The maximum absolute atomic E-state index is 13.1. The van der Waals surface area contributed by atoms with Crippen LogP contribution in [0.5, 0.6) is 11.8 Å². The van der Waals surface area contributed by atoms with Gasteiger partial charge in [0.1, 0.15) is 16.7 Å². The van der Waals surface area contributed by atoms with Crippen LogP contribution in [0.3, 0.4) is 0 Å². The number of hydrogen-bond donors (Lipinski definition) is 0. The van der Waals surface area contributed by atoms with Crippen molar-refractivity contribution in [2.24, 2.45) is 0 Å². The van der Waals surface area contributed by atoms with Crippen LogP contribution in [0.25, 0.3) is 0 Å². The zero-order chi connectivity index (χ0) is 21.2. The third kappa shape index (κ3) is 4.90. The van der Waals surface area contributed by atoms with Crippen LogP contribution in [0.4, 0.5) is 13.2 Å². The smallest absolute Gasteiger partial charge is 0.433 e. The average molecular weight is 452 g/mol. The normalized spacial score (nSPS) is 18.4. The summed E-state index contributed by atoms with van der Waals surface area (Å²) in [6.07, 6.45) is -3.50. The lowest BCUT2D eigenvalue weighted by atomic mass is 10.1. The number of piperidine rings is 1. The molecule has 0 bridgehead atoms. The minimum absolute atomic E-state index is 0.0718. The fourth-order valence-corrected chi connectivity index (χ4v) is 4.84. The highest BCUT2D eigenvalue weighted by atomic mass is 35.5. The molecule has 3 rings (SSSR count). The zero-order valence-electron chi connectivity index (χ0n) is 15.2. The Kier molecular flexibility index (Phi) is 6.20. The second-order valence-corrected chi connectivity index (χ2v) is 8.61. The van der Waals surface area contributed by atoms with Gasteiger partial charge < -0.3 is 9.47 Å². The Labute approximate surface area is 170 Å². The van der Waals surface area contributed by atoms with Gasteiger partial charge in [-0.25, -0.2) is 13.4 Å². The Hall–Kier alpha value is -2.11. The Morgan fingerprint density at radius 1 is 1.28 bits per heavy atom. The van der Waals surface area contributed by atoms with Crippen molar-refractivity contribution in [1.29, 1.82) is 0 Å². The van der Waals surface area contributed by atoms with E-state index >= 15 is 0 Å². The van der Waals surface area contributed by atoms with Crippen LogP contribution < -0.4 is 9.47 Å². The number of hydrogen-bond acceptors (Lipinski definition) is 6. The van der Waals surface area contributed by atoms with Crippen LogP contribution in [0, 0.1) is 0 Å². The molecule has 1 fully saturated rings. The average Bonchev–Trinajstić information content (AvgIpc) is 2.68. The predicted molar refractivity (Wildman–Crippen MR) is 97.4 cm³/mol. The molecular weight excluding hydrogens is 435 g/mol. The van der Waals surface area contributed by atoms with Crippen molar-refractivity contribution in [2.45, 2.75) is 30.0 Å². The molecular formula is C17H17ClF3N3O4S. The molecule has 0 amide bonds. The van der Waals surface area contributed by atoms with E-state index in [1.165, 1.54) is 29.6 Å². The van der Waals surface area contributed by atoms with E-state index in [1.807, 2.05) is 0 Å². The van der Waals surface area contributed by atoms with Gasteiger partial charge in [0.25, 0.3) is 0 Å². The monoisotopic (exact) mass is 451 g/mol. The Morgan fingerprint density at radius 2 is 2.03 bits per heavy atom. The maximum atomic E-state index is 13.1. The van der Waals surface area contributed by atoms with E-state index in [0.29, 0.717) is 12.8 Å². The van der Waals surface area contributed by atoms with Gasteiger partial charge in [-0.1, -0.05) is 11.6 Å². The highest BCUT2D eigenvalue weighted by Gasteiger charge is 2.35. The van der Waals surface area contributed by atoms with Gasteiger partial charge in [0.2, 0.25) is 10.0 Å². The molecule has 0 saturated carbocycles. The van der Waals surface area contributed by atoms with E-state index in [2.05, 4.69) is 9.97 Å². The topological polar surface area (TPSA) is 81.6 Å². The molecule has 0 N–H and O–H groups in total. The molecule has 158 valence electrons. The lowest BCUT2D eigenvalue weighted by molar-refractivity contribution is -0.141. The van der Waals surface area contributed by atoms with E-state index in [-0.39, 0.29) is 28.8 Å². The van der Waals surface area contributed by atoms with E-state index < -0.39 is 34.0 Å². The first-order valence-electron chi connectivity index (χ1n) is 8.52. The SMILES string of the molecule is COc1ccc(Cl)cc1S(=O)(=O)N1CCCC(Oc2nccc(C(F)(F)F)n2)C1. The summed E-state index contributed by atoms with van der Waals surface area (Å²) in [6.45, 7) is 0.152. The summed E-state index contributed by atoms with van der Waals surface area (Å²) in [7, 11) is -2.62. The number of benzene rings is 1. The highest BCUT2D eigenvalue weighted by Crippen LogP contribution is 2.32. The number of aromatic nitrogens is 2. The Bertz CT molecular complexity index is 988. The number of ether oxygens (including phenoxy) is 2. The molecule has 7 nitrogen and oxygen atoms in total. The van der Waals surface area contributed by atoms with Gasteiger partial charge >= 0.3 is 12.2 Å². The lowest BCUT2D eigenvalue weighted by Gasteiger charge is -2.31. The number of halogens is 4. The van der Waals surface area contributed by atoms with E-state index in [1.54, 1.807) is 0 Å². The van der Waals surface area contributed by atoms with Gasteiger partial charge in [0, 0.05) is 17.8 Å². The fourth-order valence-electron chi connectivity index (χ4n) is 2.92. The molecule has 12 heteroatoms. The quantitative estimate of drug-likeness (QED) is 0.693. The number of methoxy groups -OCH3 is 1. The van der Waals surface area contributed by atoms with Crippen molar-refractivity contribution >= 4 is 21.6 Å². The number of rotatable bonds is 5. The second kappa shape index (κ2) is 8.33. The molecule has 1 aromatic carbocycles. The molecule has 1 saturated heterocycles. The van der Waals surface area contributed by atoms with Crippen molar-refractivity contribution in [3.05, 3.63) is 41.2 Å². The second-order valence-electron chi connectivity index (χ2n) is 6.26. The standard InChI is InChI=1S/C17H17ClF3N3O4S/c1-27-13-5-4-11(18)9-14(13)29(25,26)24-8-2-3-12(10-24)28-16-22-7-6-15(23-16)17(19,20)21/h4-7,9,12H,2-3,8,10H2,1H3. The molecule has 0 radical (unpaired) electrons. The van der Waals surface area contributed by atoms with E-state index in [0.717, 1.165) is 12.3 Å². The minimum atomic E-state index is -4.63. The number of sulfonamides is 1. The third-order valence-corrected chi connectivity index (χ3v) is 6.40. The van der Waals surface area contributed by atoms with Crippen LogP contribution in [-0.2, 0) is 16.2 Å². The molecule has 29 heavy (non-hydrogen) atoms. The number of alkyl halides is 3. The summed E-state index contributed by atoms with van der Waals surface area (Å²) in [4.78, 5) is 6.96.